The normalized spacial score (nSPS) is 10.1. The van der Waals surface area contributed by atoms with Crippen LogP contribution in [0.25, 0.3) is 0 Å². The Morgan fingerprint density at radius 1 is 0.735 bits per heavy atom. The maximum atomic E-state index is 11.0. The van der Waals surface area contributed by atoms with Crippen molar-refractivity contribution in [2.45, 2.75) is 27.7 Å². The molecule has 0 fully saturated rings. The molecule has 0 aliphatic heterocycles. The van der Waals surface area contributed by atoms with Crippen molar-refractivity contribution in [2.75, 3.05) is 16.4 Å². The van der Waals surface area contributed by atoms with E-state index < -0.39 is 4.92 Å². The van der Waals surface area contributed by atoms with E-state index in [2.05, 4.69) is 39.7 Å². The standard InChI is InChI=1S/C13H13N3O2.C13H15N3/c1-9-4-3-5-11(6-9)15-13-12(16(17)18)7-10(2)8-14-13;1-9-4-3-5-11(6-9)16-13-12(14)7-10(2)8-15-13/h3-8H,1-2H3,(H,14,15);3-8H,14H2,1-2H3,(H,15,16). The van der Waals surface area contributed by atoms with E-state index in [1.165, 1.54) is 11.6 Å². The Kier molecular flexibility index (Phi) is 7.76. The number of anilines is 5. The first kappa shape index (κ1) is 24.2. The van der Waals surface area contributed by atoms with Crippen LogP contribution >= 0.6 is 0 Å². The van der Waals surface area contributed by atoms with Crippen LogP contribution in [0.4, 0.5) is 34.4 Å². The molecule has 0 atom stereocenters. The summed E-state index contributed by atoms with van der Waals surface area (Å²) in [6.45, 7) is 7.76. The van der Waals surface area contributed by atoms with E-state index in [1.807, 2.05) is 56.3 Å². The van der Waals surface area contributed by atoms with Crippen LogP contribution in [0.5, 0.6) is 0 Å². The van der Waals surface area contributed by atoms with Gasteiger partial charge in [0.15, 0.2) is 5.82 Å². The predicted octanol–water partition coefficient (Wildman–Crippen LogP) is 6.37. The average Bonchev–Trinajstić information content (AvgIpc) is 2.77. The van der Waals surface area contributed by atoms with Gasteiger partial charge in [-0.1, -0.05) is 24.3 Å². The summed E-state index contributed by atoms with van der Waals surface area (Å²) in [7, 11) is 0. The van der Waals surface area contributed by atoms with Crippen molar-refractivity contribution >= 4 is 34.4 Å². The monoisotopic (exact) mass is 456 g/mol. The van der Waals surface area contributed by atoms with Crippen molar-refractivity contribution in [3.63, 3.8) is 0 Å². The van der Waals surface area contributed by atoms with Crippen molar-refractivity contribution < 1.29 is 4.92 Å². The number of hydrogen-bond acceptors (Lipinski definition) is 7. The molecule has 2 aromatic heterocycles. The van der Waals surface area contributed by atoms with Crippen LogP contribution in [0.1, 0.15) is 22.3 Å². The number of nitrogen functional groups attached to an aromatic ring is 1. The van der Waals surface area contributed by atoms with Crippen LogP contribution in [0, 0.1) is 37.8 Å². The van der Waals surface area contributed by atoms with Crippen LogP contribution in [0.3, 0.4) is 0 Å². The fourth-order valence-electron chi connectivity index (χ4n) is 3.20. The van der Waals surface area contributed by atoms with Gasteiger partial charge in [0.2, 0.25) is 5.82 Å². The first-order chi connectivity index (χ1) is 16.2. The number of pyridine rings is 2. The lowest BCUT2D eigenvalue weighted by atomic mass is 10.2. The van der Waals surface area contributed by atoms with Gasteiger partial charge in [0, 0.05) is 29.8 Å². The quantitative estimate of drug-likeness (QED) is 0.236. The summed E-state index contributed by atoms with van der Waals surface area (Å²) < 4.78 is 0. The zero-order valence-electron chi connectivity index (χ0n) is 19.7. The Balaban J connectivity index is 0.000000192. The Morgan fingerprint density at radius 3 is 1.74 bits per heavy atom. The summed E-state index contributed by atoms with van der Waals surface area (Å²) in [6, 6.07) is 19.1. The minimum atomic E-state index is -0.432. The van der Waals surface area contributed by atoms with Gasteiger partial charge >= 0.3 is 5.69 Å². The lowest BCUT2D eigenvalue weighted by Gasteiger charge is -2.09. The molecule has 8 heteroatoms. The summed E-state index contributed by atoms with van der Waals surface area (Å²) in [5.74, 6) is 0.965. The molecule has 0 saturated heterocycles. The molecule has 2 aromatic carbocycles. The number of nitrogens with two attached hydrogens (primary N) is 1. The summed E-state index contributed by atoms with van der Waals surface area (Å²) >= 11 is 0. The zero-order chi connectivity index (χ0) is 24.7. The number of aromatic nitrogens is 2. The van der Waals surface area contributed by atoms with Crippen molar-refractivity contribution in [1.82, 2.24) is 9.97 Å². The van der Waals surface area contributed by atoms with Gasteiger partial charge < -0.3 is 16.4 Å². The van der Waals surface area contributed by atoms with Crippen LogP contribution < -0.4 is 16.4 Å². The molecule has 8 nitrogen and oxygen atoms in total. The minimum Gasteiger partial charge on any atom is -0.396 e. The Morgan fingerprint density at radius 2 is 1.24 bits per heavy atom. The highest BCUT2D eigenvalue weighted by atomic mass is 16.6. The summed E-state index contributed by atoms with van der Waals surface area (Å²) in [4.78, 5) is 18.9. The fraction of sp³-hybridized carbons (Fsp3) is 0.154. The van der Waals surface area contributed by atoms with Crippen molar-refractivity contribution in [3.8, 4) is 0 Å². The summed E-state index contributed by atoms with van der Waals surface area (Å²) in [5.41, 5.74) is 12.4. The fourth-order valence-corrected chi connectivity index (χ4v) is 3.20. The molecule has 0 spiro atoms. The molecule has 34 heavy (non-hydrogen) atoms. The average molecular weight is 457 g/mol. The van der Waals surface area contributed by atoms with Gasteiger partial charge in [-0.05, 0) is 80.3 Å². The van der Waals surface area contributed by atoms with Gasteiger partial charge in [0.25, 0.3) is 0 Å². The van der Waals surface area contributed by atoms with E-state index in [0.717, 1.165) is 28.1 Å². The van der Waals surface area contributed by atoms with Crippen molar-refractivity contribution in [1.29, 1.82) is 0 Å². The van der Waals surface area contributed by atoms with Gasteiger partial charge in [-0.15, -0.1) is 0 Å². The minimum absolute atomic E-state index is 0.0171. The van der Waals surface area contributed by atoms with E-state index in [-0.39, 0.29) is 11.5 Å². The number of benzene rings is 2. The summed E-state index contributed by atoms with van der Waals surface area (Å²) in [6.07, 6.45) is 3.40. The smallest absolute Gasteiger partial charge is 0.311 e. The highest BCUT2D eigenvalue weighted by Crippen LogP contribution is 2.26. The molecule has 0 radical (unpaired) electrons. The van der Waals surface area contributed by atoms with E-state index in [1.54, 1.807) is 19.3 Å². The third-order valence-electron chi connectivity index (χ3n) is 4.82. The van der Waals surface area contributed by atoms with E-state index >= 15 is 0 Å². The molecular weight excluding hydrogens is 428 g/mol. The van der Waals surface area contributed by atoms with Gasteiger partial charge in [-0.25, -0.2) is 9.97 Å². The molecule has 0 saturated carbocycles. The molecule has 174 valence electrons. The molecule has 0 unspecified atom stereocenters. The Bertz CT molecular complexity index is 1310. The topological polar surface area (TPSA) is 119 Å². The molecule has 4 aromatic rings. The molecule has 4 N–H and O–H groups in total. The number of aryl methyl sites for hydroxylation is 4. The largest absolute Gasteiger partial charge is 0.396 e. The van der Waals surface area contributed by atoms with Crippen LogP contribution in [-0.2, 0) is 0 Å². The van der Waals surface area contributed by atoms with Crippen LogP contribution in [0.2, 0.25) is 0 Å². The lowest BCUT2D eigenvalue weighted by molar-refractivity contribution is -0.384. The molecule has 4 rings (SSSR count). The first-order valence-electron chi connectivity index (χ1n) is 10.7. The molecule has 0 amide bonds. The lowest BCUT2D eigenvalue weighted by Crippen LogP contribution is -2.00. The third kappa shape index (κ3) is 6.77. The Hall–Kier alpha value is -4.46. The number of nitrogens with one attached hydrogen (secondary N) is 2. The van der Waals surface area contributed by atoms with Crippen LogP contribution in [-0.4, -0.2) is 14.9 Å². The maximum absolute atomic E-state index is 11.0. The van der Waals surface area contributed by atoms with Crippen molar-refractivity contribution in [2.24, 2.45) is 0 Å². The number of nitrogens with zero attached hydrogens (tertiary/aromatic N) is 3. The number of hydrogen-bond donors (Lipinski definition) is 3. The zero-order valence-corrected chi connectivity index (χ0v) is 19.7. The first-order valence-corrected chi connectivity index (χ1v) is 10.7. The maximum Gasteiger partial charge on any atom is 0.311 e. The second kappa shape index (κ2) is 10.9. The summed E-state index contributed by atoms with van der Waals surface area (Å²) in [5, 5.41) is 17.1. The van der Waals surface area contributed by atoms with Gasteiger partial charge in [0.1, 0.15) is 0 Å². The molecule has 0 bridgehead atoms. The number of rotatable bonds is 5. The third-order valence-corrected chi connectivity index (χ3v) is 4.82. The number of nitro groups is 1. The highest BCUT2D eigenvalue weighted by Gasteiger charge is 2.15. The second-order valence-corrected chi connectivity index (χ2v) is 8.08. The highest BCUT2D eigenvalue weighted by molar-refractivity contribution is 5.69. The molecule has 0 aliphatic rings. The SMILES string of the molecule is Cc1cccc(Nc2ncc(C)cc2N)c1.Cc1cccc(Nc2ncc(C)cc2[N+](=O)[O-])c1. The second-order valence-electron chi connectivity index (χ2n) is 8.08. The van der Waals surface area contributed by atoms with Crippen LogP contribution in [0.15, 0.2) is 73.1 Å². The van der Waals surface area contributed by atoms with Gasteiger partial charge in [-0.2, -0.15) is 0 Å². The van der Waals surface area contributed by atoms with E-state index in [0.29, 0.717) is 11.5 Å². The molecular formula is C26H28N6O2. The Labute approximate surface area is 199 Å². The van der Waals surface area contributed by atoms with Crippen molar-refractivity contribution in [3.05, 3.63) is 105 Å². The van der Waals surface area contributed by atoms with Gasteiger partial charge in [0.05, 0.1) is 10.6 Å². The van der Waals surface area contributed by atoms with E-state index in [4.69, 9.17) is 5.73 Å². The molecule has 2 heterocycles. The predicted molar refractivity (Wildman–Crippen MR) is 138 cm³/mol. The van der Waals surface area contributed by atoms with Gasteiger partial charge in [-0.3, -0.25) is 10.1 Å². The van der Waals surface area contributed by atoms with E-state index in [9.17, 15) is 10.1 Å². The molecule has 0 aliphatic carbocycles.